The molecule has 30 heavy (non-hydrogen) atoms. The van der Waals surface area contributed by atoms with E-state index < -0.39 is 17.2 Å². The van der Waals surface area contributed by atoms with Gasteiger partial charge in [0.1, 0.15) is 5.65 Å². The molecule has 2 aromatic carbocycles. The zero-order valence-corrected chi connectivity index (χ0v) is 16.7. The number of aromatic nitrogens is 3. The molecule has 0 saturated carbocycles. The lowest BCUT2D eigenvalue weighted by Crippen LogP contribution is -2.32. The molecule has 4 aromatic rings. The van der Waals surface area contributed by atoms with Gasteiger partial charge in [0, 0.05) is 10.7 Å². The number of nitrogens with one attached hydrogen (secondary N) is 2. The molecule has 2 aromatic heterocycles. The molecule has 2 heterocycles. The topological polar surface area (TPSA) is 96.8 Å². The predicted octanol–water partition coefficient (Wildman–Crippen LogP) is 3.35. The first-order chi connectivity index (χ1) is 14.4. The van der Waals surface area contributed by atoms with E-state index in [1.807, 2.05) is 30.3 Å². The summed E-state index contributed by atoms with van der Waals surface area (Å²) in [5.41, 5.74) is 1.12. The van der Waals surface area contributed by atoms with Crippen LogP contribution in [0.2, 0.25) is 5.02 Å². The van der Waals surface area contributed by atoms with Gasteiger partial charge in [0.15, 0.2) is 0 Å². The number of halogens is 1. The van der Waals surface area contributed by atoms with Crippen molar-refractivity contribution in [2.24, 2.45) is 0 Å². The van der Waals surface area contributed by atoms with E-state index in [4.69, 9.17) is 11.6 Å². The van der Waals surface area contributed by atoms with Crippen molar-refractivity contribution < 1.29 is 4.79 Å². The molecule has 8 heteroatoms. The van der Waals surface area contributed by atoms with Crippen LogP contribution in [-0.2, 0) is 6.54 Å². The maximum Gasteiger partial charge on any atom is 0.330 e. The summed E-state index contributed by atoms with van der Waals surface area (Å²) in [6.07, 6.45) is 0. The van der Waals surface area contributed by atoms with Crippen molar-refractivity contribution in [2.45, 2.75) is 13.5 Å². The molecule has 0 atom stereocenters. The van der Waals surface area contributed by atoms with Crippen LogP contribution in [0, 0.1) is 6.92 Å². The monoisotopic (exact) mass is 420 g/mol. The van der Waals surface area contributed by atoms with Crippen molar-refractivity contribution in [1.82, 2.24) is 14.5 Å². The van der Waals surface area contributed by atoms with Crippen molar-refractivity contribution in [3.05, 3.63) is 103 Å². The van der Waals surface area contributed by atoms with Gasteiger partial charge in [0.05, 0.1) is 23.2 Å². The maximum absolute atomic E-state index is 12.8. The zero-order valence-electron chi connectivity index (χ0n) is 16.0. The Morgan fingerprint density at radius 3 is 2.60 bits per heavy atom. The van der Waals surface area contributed by atoms with Crippen LogP contribution in [0.1, 0.15) is 21.6 Å². The number of hydrogen-bond acceptors (Lipinski definition) is 4. The zero-order chi connectivity index (χ0) is 21.3. The molecule has 0 spiro atoms. The largest absolute Gasteiger partial charge is 0.330 e. The number of fused-ring (bicyclic) bond motifs is 1. The minimum atomic E-state index is -0.594. The molecule has 0 aliphatic carbocycles. The summed E-state index contributed by atoms with van der Waals surface area (Å²) in [5.74, 6) is -0.427. The highest BCUT2D eigenvalue weighted by atomic mass is 35.5. The number of benzene rings is 2. The molecular formula is C22H17ClN4O3. The van der Waals surface area contributed by atoms with E-state index in [0.717, 1.165) is 5.56 Å². The third-order valence-electron chi connectivity index (χ3n) is 4.67. The van der Waals surface area contributed by atoms with E-state index in [2.05, 4.69) is 15.3 Å². The summed E-state index contributed by atoms with van der Waals surface area (Å²) < 4.78 is 1.39. The fourth-order valence-electron chi connectivity index (χ4n) is 3.20. The van der Waals surface area contributed by atoms with Gasteiger partial charge in [-0.05, 0) is 36.8 Å². The minimum Gasteiger partial charge on any atom is -0.322 e. The molecule has 0 aliphatic rings. The molecule has 0 fully saturated rings. The van der Waals surface area contributed by atoms with Gasteiger partial charge < -0.3 is 5.32 Å². The lowest BCUT2D eigenvalue weighted by molar-refractivity contribution is 0.102. The number of aryl methyl sites for hydroxylation is 1. The minimum absolute atomic E-state index is 0.160. The molecular weight excluding hydrogens is 404 g/mol. The number of anilines is 1. The van der Waals surface area contributed by atoms with Gasteiger partial charge in [-0.1, -0.05) is 48.0 Å². The standard InChI is InChI=1S/C22H17ClN4O3/c1-13-17(20(28)25-16-9-5-8-15(23)10-16)11-18-19(24-13)27(22(30)26-21(18)29)12-14-6-3-2-4-7-14/h2-11H,12H2,1H3,(H,25,28)(H,26,29,30). The van der Waals surface area contributed by atoms with Crippen LogP contribution < -0.4 is 16.6 Å². The Morgan fingerprint density at radius 1 is 1.10 bits per heavy atom. The molecule has 0 saturated heterocycles. The first-order valence-corrected chi connectivity index (χ1v) is 9.55. The fraction of sp³-hybridized carbons (Fsp3) is 0.0909. The van der Waals surface area contributed by atoms with Gasteiger partial charge >= 0.3 is 5.69 Å². The predicted molar refractivity (Wildman–Crippen MR) is 116 cm³/mol. The van der Waals surface area contributed by atoms with Crippen molar-refractivity contribution in [2.75, 3.05) is 5.32 Å². The lowest BCUT2D eigenvalue weighted by atomic mass is 10.1. The summed E-state index contributed by atoms with van der Waals surface area (Å²) in [6, 6.07) is 17.6. The van der Waals surface area contributed by atoms with Crippen LogP contribution in [0.3, 0.4) is 0 Å². The molecule has 0 unspecified atom stereocenters. The lowest BCUT2D eigenvalue weighted by Gasteiger charge is -2.12. The van der Waals surface area contributed by atoms with E-state index >= 15 is 0 Å². The maximum atomic E-state index is 12.8. The molecule has 0 bridgehead atoms. The molecule has 4 rings (SSSR count). The highest BCUT2D eigenvalue weighted by molar-refractivity contribution is 6.31. The van der Waals surface area contributed by atoms with Crippen LogP contribution >= 0.6 is 11.6 Å². The van der Waals surface area contributed by atoms with Crippen LogP contribution in [0.15, 0.2) is 70.3 Å². The summed E-state index contributed by atoms with van der Waals surface area (Å²) >= 11 is 5.96. The van der Waals surface area contributed by atoms with Crippen molar-refractivity contribution in [3.63, 3.8) is 0 Å². The third-order valence-corrected chi connectivity index (χ3v) is 4.90. The number of rotatable bonds is 4. The summed E-state index contributed by atoms with van der Waals surface area (Å²) in [6.45, 7) is 1.90. The smallest absolute Gasteiger partial charge is 0.322 e. The van der Waals surface area contributed by atoms with Gasteiger partial charge in [0.2, 0.25) is 0 Å². The number of H-pyrrole nitrogens is 1. The molecule has 7 nitrogen and oxygen atoms in total. The van der Waals surface area contributed by atoms with Crippen molar-refractivity contribution >= 4 is 34.2 Å². The third kappa shape index (κ3) is 3.88. The second-order valence-corrected chi connectivity index (χ2v) is 7.22. The quantitative estimate of drug-likeness (QED) is 0.529. The van der Waals surface area contributed by atoms with Crippen LogP contribution in [-0.4, -0.2) is 20.4 Å². The Balaban J connectivity index is 1.79. The second-order valence-electron chi connectivity index (χ2n) is 6.79. The number of aromatic amines is 1. The fourth-order valence-corrected chi connectivity index (χ4v) is 3.39. The number of carbonyl (C=O) groups is 1. The Bertz CT molecular complexity index is 1380. The number of pyridine rings is 1. The average molecular weight is 421 g/mol. The van der Waals surface area contributed by atoms with Crippen LogP contribution in [0.5, 0.6) is 0 Å². The average Bonchev–Trinajstić information content (AvgIpc) is 2.71. The second kappa shape index (κ2) is 7.96. The first-order valence-electron chi connectivity index (χ1n) is 9.17. The molecule has 0 radical (unpaired) electrons. The van der Waals surface area contributed by atoms with Crippen LogP contribution in [0.4, 0.5) is 5.69 Å². The van der Waals surface area contributed by atoms with E-state index in [1.165, 1.54) is 10.6 Å². The number of amides is 1. The highest BCUT2D eigenvalue weighted by Gasteiger charge is 2.17. The summed E-state index contributed by atoms with van der Waals surface area (Å²) in [5, 5.41) is 3.39. The Morgan fingerprint density at radius 2 is 1.87 bits per heavy atom. The summed E-state index contributed by atoms with van der Waals surface area (Å²) in [7, 11) is 0. The van der Waals surface area contributed by atoms with Crippen molar-refractivity contribution in [1.29, 1.82) is 0 Å². The number of nitrogens with zero attached hydrogens (tertiary/aromatic N) is 2. The van der Waals surface area contributed by atoms with Gasteiger partial charge in [-0.15, -0.1) is 0 Å². The van der Waals surface area contributed by atoms with Gasteiger partial charge in [-0.2, -0.15) is 0 Å². The van der Waals surface area contributed by atoms with Gasteiger partial charge in [-0.25, -0.2) is 9.78 Å². The molecule has 2 N–H and O–H groups in total. The Kier molecular flexibility index (Phi) is 5.20. The first kappa shape index (κ1) is 19.6. The number of hydrogen-bond donors (Lipinski definition) is 2. The van der Waals surface area contributed by atoms with E-state index in [1.54, 1.807) is 31.2 Å². The number of carbonyl (C=O) groups excluding carboxylic acids is 1. The van der Waals surface area contributed by atoms with E-state index in [-0.39, 0.29) is 23.1 Å². The molecule has 1 amide bonds. The Hall–Kier alpha value is -3.71. The molecule has 0 aliphatic heterocycles. The van der Waals surface area contributed by atoms with Gasteiger partial charge in [-0.3, -0.25) is 19.1 Å². The molecule has 150 valence electrons. The van der Waals surface area contributed by atoms with Crippen molar-refractivity contribution in [3.8, 4) is 0 Å². The highest BCUT2D eigenvalue weighted by Crippen LogP contribution is 2.18. The van der Waals surface area contributed by atoms with Gasteiger partial charge in [0.25, 0.3) is 11.5 Å². The SMILES string of the molecule is Cc1nc2c(cc1C(=O)Nc1cccc(Cl)c1)c(=O)[nH]c(=O)n2Cc1ccccc1. The van der Waals surface area contributed by atoms with E-state index in [9.17, 15) is 14.4 Å². The van der Waals surface area contributed by atoms with Crippen LogP contribution in [0.25, 0.3) is 11.0 Å². The van der Waals surface area contributed by atoms with E-state index in [0.29, 0.717) is 16.4 Å². The summed E-state index contributed by atoms with van der Waals surface area (Å²) in [4.78, 5) is 44.4. The normalized spacial score (nSPS) is 10.9. The Labute approximate surface area is 176 Å².